The van der Waals surface area contributed by atoms with Crippen molar-refractivity contribution in [2.24, 2.45) is 0 Å². The van der Waals surface area contributed by atoms with Crippen LogP contribution in [0, 0.1) is 11.6 Å². The van der Waals surface area contributed by atoms with Crippen molar-refractivity contribution in [2.75, 3.05) is 13.2 Å². The van der Waals surface area contributed by atoms with Crippen LogP contribution in [-0.2, 0) is 16.9 Å². The molecule has 146 valence electrons. The van der Waals surface area contributed by atoms with Crippen molar-refractivity contribution in [2.45, 2.75) is 19.0 Å². The fraction of sp³-hybridized carbons (Fsp3) is 0.263. The van der Waals surface area contributed by atoms with Crippen LogP contribution in [-0.4, -0.2) is 30.1 Å². The van der Waals surface area contributed by atoms with Crippen molar-refractivity contribution in [1.29, 1.82) is 0 Å². The lowest BCUT2D eigenvalue weighted by Gasteiger charge is -2.23. The topological polar surface area (TPSA) is 67.9 Å². The Morgan fingerprint density at radius 3 is 2.71 bits per heavy atom. The summed E-state index contributed by atoms with van der Waals surface area (Å²) in [5.41, 5.74) is -1.43. The van der Waals surface area contributed by atoms with Gasteiger partial charge in [0.05, 0.1) is 11.6 Å². The monoisotopic (exact) mass is 408 g/mol. The molecule has 6 nitrogen and oxygen atoms in total. The van der Waals surface area contributed by atoms with Crippen molar-refractivity contribution in [3.05, 3.63) is 58.1 Å². The van der Waals surface area contributed by atoms with Gasteiger partial charge in [-0.1, -0.05) is 11.6 Å². The van der Waals surface area contributed by atoms with Crippen molar-refractivity contribution in [3.8, 4) is 11.5 Å². The van der Waals surface area contributed by atoms with Gasteiger partial charge in [-0.15, -0.1) is 0 Å². The summed E-state index contributed by atoms with van der Waals surface area (Å²) in [4.78, 5) is 26.3. The number of urea groups is 1. The van der Waals surface area contributed by atoms with Crippen LogP contribution >= 0.6 is 11.6 Å². The predicted molar refractivity (Wildman–Crippen MR) is 95.2 cm³/mol. The fourth-order valence-corrected chi connectivity index (χ4v) is 3.63. The van der Waals surface area contributed by atoms with E-state index >= 15 is 0 Å². The number of carbonyl (C=O) groups is 2. The Hall–Kier alpha value is -2.87. The van der Waals surface area contributed by atoms with E-state index in [1.165, 1.54) is 6.92 Å². The summed E-state index contributed by atoms with van der Waals surface area (Å²) in [6.45, 7) is 1.94. The van der Waals surface area contributed by atoms with Gasteiger partial charge in [0.25, 0.3) is 5.91 Å². The highest BCUT2D eigenvalue weighted by atomic mass is 35.5. The Morgan fingerprint density at radius 2 is 1.93 bits per heavy atom. The first-order valence-corrected chi connectivity index (χ1v) is 8.85. The molecule has 2 aliphatic heterocycles. The number of benzene rings is 2. The van der Waals surface area contributed by atoms with Crippen LogP contribution in [0.2, 0.25) is 5.02 Å². The maximum absolute atomic E-state index is 14.2. The van der Waals surface area contributed by atoms with Gasteiger partial charge in [-0.2, -0.15) is 0 Å². The number of carbonyl (C=O) groups excluding carboxylic acids is 2. The van der Waals surface area contributed by atoms with Crippen LogP contribution < -0.4 is 14.8 Å². The normalized spacial score (nSPS) is 21.1. The van der Waals surface area contributed by atoms with E-state index in [2.05, 4.69) is 5.32 Å². The number of nitrogens with one attached hydrogen (secondary N) is 1. The van der Waals surface area contributed by atoms with Crippen LogP contribution in [0.5, 0.6) is 11.5 Å². The van der Waals surface area contributed by atoms with Gasteiger partial charge in [-0.3, -0.25) is 9.69 Å². The summed E-state index contributed by atoms with van der Waals surface area (Å²) in [7, 11) is 0. The zero-order valence-electron chi connectivity index (χ0n) is 14.7. The lowest BCUT2D eigenvalue weighted by atomic mass is 9.91. The highest BCUT2D eigenvalue weighted by Gasteiger charge is 2.50. The Morgan fingerprint density at radius 1 is 1.18 bits per heavy atom. The highest BCUT2D eigenvalue weighted by molar-refractivity contribution is 6.32. The minimum atomic E-state index is -1.72. The van der Waals surface area contributed by atoms with Gasteiger partial charge in [-0.25, -0.2) is 13.6 Å². The SMILES string of the molecule is C[C@@]1(c2cc(F)ccc2F)NC(=O)N(Cc2cc(Cl)c3c(c2)OCCO3)C1=O. The lowest BCUT2D eigenvalue weighted by molar-refractivity contribution is -0.131. The molecule has 4 rings (SSSR count). The molecule has 28 heavy (non-hydrogen) atoms. The molecule has 0 unspecified atom stereocenters. The lowest BCUT2D eigenvalue weighted by Crippen LogP contribution is -2.41. The summed E-state index contributed by atoms with van der Waals surface area (Å²) >= 11 is 6.20. The second-order valence-electron chi connectivity index (χ2n) is 6.67. The summed E-state index contributed by atoms with van der Waals surface area (Å²) < 4.78 is 38.8. The average molecular weight is 409 g/mol. The van der Waals surface area contributed by atoms with E-state index in [1.54, 1.807) is 12.1 Å². The average Bonchev–Trinajstić information content (AvgIpc) is 2.88. The molecule has 1 N–H and O–H groups in total. The molecule has 0 spiro atoms. The third-order valence-electron chi connectivity index (χ3n) is 4.74. The molecule has 2 aromatic carbocycles. The summed E-state index contributed by atoms with van der Waals surface area (Å²) in [6.07, 6.45) is 0. The van der Waals surface area contributed by atoms with Gasteiger partial charge in [0.1, 0.15) is 30.4 Å². The highest BCUT2D eigenvalue weighted by Crippen LogP contribution is 2.39. The van der Waals surface area contributed by atoms with Crippen LogP contribution in [0.15, 0.2) is 30.3 Å². The van der Waals surface area contributed by atoms with E-state index in [0.717, 1.165) is 23.1 Å². The number of halogens is 3. The van der Waals surface area contributed by atoms with Crippen LogP contribution in [0.25, 0.3) is 0 Å². The molecule has 9 heteroatoms. The van der Waals surface area contributed by atoms with Gasteiger partial charge in [0, 0.05) is 5.56 Å². The summed E-state index contributed by atoms with van der Waals surface area (Å²) in [5.74, 6) is -1.38. The van der Waals surface area contributed by atoms with E-state index in [4.69, 9.17) is 21.1 Å². The molecule has 1 atom stereocenters. The molecule has 1 saturated heterocycles. The molecule has 0 radical (unpaired) electrons. The van der Waals surface area contributed by atoms with Crippen LogP contribution in [0.1, 0.15) is 18.1 Å². The Bertz CT molecular complexity index is 1000. The van der Waals surface area contributed by atoms with E-state index in [1.807, 2.05) is 0 Å². The molecule has 2 aromatic rings. The Balaban J connectivity index is 1.65. The van der Waals surface area contributed by atoms with Gasteiger partial charge >= 0.3 is 6.03 Å². The first kappa shape index (κ1) is 18.5. The zero-order valence-corrected chi connectivity index (χ0v) is 15.5. The van der Waals surface area contributed by atoms with E-state index in [0.29, 0.717) is 30.3 Å². The fourth-order valence-electron chi connectivity index (χ4n) is 3.34. The predicted octanol–water partition coefficient (Wildman–Crippen LogP) is 3.36. The number of fused-ring (bicyclic) bond motifs is 1. The van der Waals surface area contributed by atoms with Gasteiger partial charge < -0.3 is 14.8 Å². The molecule has 3 amide bonds. The molecule has 0 saturated carbocycles. The second kappa shape index (κ2) is 6.63. The molecule has 0 aromatic heterocycles. The number of hydrogen-bond donors (Lipinski definition) is 1. The Labute approximate surface area is 164 Å². The van der Waals surface area contributed by atoms with Crippen molar-refractivity contribution < 1.29 is 27.8 Å². The number of nitrogens with zero attached hydrogens (tertiary/aromatic N) is 1. The largest absolute Gasteiger partial charge is 0.486 e. The number of hydrogen-bond acceptors (Lipinski definition) is 4. The first-order valence-electron chi connectivity index (χ1n) is 8.47. The molecule has 1 fully saturated rings. The maximum Gasteiger partial charge on any atom is 0.325 e. The molecule has 2 heterocycles. The molecule has 2 aliphatic rings. The van der Waals surface area contributed by atoms with Gasteiger partial charge in [-0.05, 0) is 42.8 Å². The Kier molecular flexibility index (Phi) is 4.38. The minimum Gasteiger partial charge on any atom is -0.486 e. The first-order chi connectivity index (χ1) is 13.3. The van der Waals surface area contributed by atoms with E-state index in [9.17, 15) is 18.4 Å². The summed E-state index contributed by atoms with van der Waals surface area (Å²) in [5, 5.41) is 2.74. The third kappa shape index (κ3) is 2.93. The third-order valence-corrected chi connectivity index (χ3v) is 5.02. The molecule has 0 bridgehead atoms. The number of imide groups is 1. The maximum atomic E-state index is 14.2. The quantitative estimate of drug-likeness (QED) is 0.791. The van der Waals surface area contributed by atoms with Crippen LogP contribution in [0.3, 0.4) is 0 Å². The molecule has 0 aliphatic carbocycles. The summed E-state index contributed by atoms with van der Waals surface area (Å²) in [6, 6.07) is 5.23. The van der Waals surface area contributed by atoms with E-state index < -0.39 is 29.1 Å². The smallest absolute Gasteiger partial charge is 0.325 e. The number of amides is 3. The number of ether oxygens (including phenoxy) is 2. The van der Waals surface area contributed by atoms with Crippen molar-refractivity contribution in [1.82, 2.24) is 10.2 Å². The van der Waals surface area contributed by atoms with E-state index in [-0.39, 0.29) is 17.1 Å². The van der Waals surface area contributed by atoms with Crippen molar-refractivity contribution in [3.63, 3.8) is 0 Å². The second-order valence-corrected chi connectivity index (χ2v) is 7.08. The number of rotatable bonds is 3. The minimum absolute atomic E-state index is 0.118. The van der Waals surface area contributed by atoms with Crippen LogP contribution in [0.4, 0.5) is 13.6 Å². The zero-order chi connectivity index (χ0) is 20.1. The van der Waals surface area contributed by atoms with Crippen molar-refractivity contribution >= 4 is 23.5 Å². The standard InChI is InChI=1S/C19H15ClF2N2O4/c1-19(12-8-11(21)2-3-14(12)22)17(25)24(18(26)23-19)9-10-6-13(20)16-15(7-10)27-4-5-28-16/h2-3,6-8H,4-5,9H2,1H3,(H,23,26)/t19-/m0/s1. The van der Waals surface area contributed by atoms with Gasteiger partial charge in [0.15, 0.2) is 11.5 Å². The van der Waals surface area contributed by atoms with Gasteiger partial charge in [0.2, 0.25) is 0 Å². The molecular formula is C19H15ClF2N2O4. The molecular weight excluding hydrogens is 394 g/mol.